The molecule has 10 fully saturated rings. The second-order valence-corrected chi connectivity index (χ2v) is 25.9. The third-order valence-electron chi connectivity index (χ3n) is 20.7. The molecule has 0 radical (unpaired) electrons. The van der Waals surface area contributed by atoms with Crippen molar-refractivity contribution in [2.45, 2.75) is 248 Å². The first-order chi connectivity index (χ1) is 35.6. The summed E-state index contributed by atoms with van der Waals surface area (Å²) in [6.07, 6.45) is -21.4. The number of esters is 1. The average molecular weight is 1090 g/mol. The van der Waals surface area contributed by atoms with Gasteiger partial charge in [0, 0.05) is 31.1 Å². The third-order valence-corrected chi connectivity index (χ3v) is 20.7. The highest BCUT2D eigenvalue weighted by molar-refractivity contribution is 5.65. The lowest BCUT2D eigenvalue weighted by molar-refractivity contribution is -0.399. The fraction of sp³-hybridized carbons (Fsp3) is 0.944. The number of fused-ring (bicyclic) bond motifs is 4. The normalized spacial score (nSPS) is 55.6. The molecule has 22 nitrogen and oxygen atoms in total. The summed E-state index contributed by atoms with van der Waals surface area (Å²) >= 11 is 0. The maximum Gasteiger partial charge on any atom is 0.302 e. The van der Waals surface area contributed by atoms with Gasteiger partial charge in [0.25, 0.3) is 0 Å². The van der Waals surface area contributed by atoms with E-state index in [9.17, 15) is 55.9 Å². The van der Waals surface area contributed by atoms with Gasteiger partial charge in [-0.25, -0.2) is 0 Å². The molecule has 11 unspecified atom stereocenters. The lowest BCUT2D eigenvalue weighted by Crippen LogP contribution is -2.68. The fourth-order valence-electron chi connectivity index (χ4n) is 17.1. The number of aliphatic hydroxyl groups is 10. The van der Waals surface area contributed by atoms with Crippen LogP contribution in [0, 0.1) is 45.3 Å². The largest absolute Gasteiger partial charge is 0.463 e. The van der Waals surface area contributed by atoms with Crippen LogP contribution in [-0.4, -0.2) is 218 Å². The van der Waals surface area contributed by atoms with Crippen LogP contribution in [0.3, 0.4) is 0 Å². The summed E-state index contributed by atoms with van der Waals surface area (Å²) in [7, 11) is 0. The van der Waals surface area contributed by atoms with E-state index in [4.69, 9.17) is 52.1 Å². The van der Waals surface area contributed by atoms with E-state index in [1.54, 1.807) is 0 Å². The second kappa shape index (κ2) is 20.7. The zero-order valence-corrected chi connectivity index (χ0v) is 45.3. The third kappa shape index (κ3) is 9.38. The van der Waals surface area contributed by atoms with E-state index in [2.05, 4.69) is 47.6 Å². The van der Waals surface area contributed by atoms with Crippen LogP contribution in [0.15, 0.2) is 11.6 Å². The molecule has 0 aromatic rings. The van der Waals surface area contributed by atoms with Crippen LogP contribution in [0.5, 0.6) is 0 Å². The van der Waals surface area contributed by atoms with Crippen molar-refractivity contribution in [1.82, 2.24) is 0 Å². The Morgan fingerprint density at radius 3 is 2.04 bits per heavy atom. The predicted octanol–water partition coefficient (Wildman–Crippen LogP) is 0.0284. The molecule has 2 spiro atoms. The molecular weight excluding hydrogens is 1000 g/mol. The van der Waals surface area contributed by atoms with Gasteiger partial charge < -0.3 is 103 Å². The van der Waals surface area contributed by atoms with Crippen molar-refractivity contribution in [2.24, 2.45) is 45.3 Å². The molecule has 22 heteroatoms. The van der Waals surface area contributed by atoms with E-state index in [1.807, 2.05) is 6.92 Å². The van der Waals surface area contributed by atoms with Crippen LogP contribution in [0.1, 0.15) is 114 Å². The number of carbonyl (C=O) groups excluding carboxylic acids is 1. The average Bonchev–Trinajstić information content (AvgIpc) is 4.03. The molecule has 0 aromatic carbocycles. The number of ether oxygens (including phenoxy) is 11. The van der Waals surface area contributed by atoms with E-state index >= 15 is 0 Å². The van der Waals surface area contributed by atoms with Crippen molar-refractivity contribution in [1.29, 1.82) is 0 Å². The van der Waals surface area contributed by atoms with Crippen LogP contribution < -0.4 is 0 Å². The van der Waals surface area contributed by atoms with Gasteiger partial charge in [0.2, 0.25) is 0 Å². The van der Waals surface area contributed by atoms with E-state index in [-0.39, 0.29) is 40.1 Å². The highest BCUT2D eigenvalue weighted by atomic mass is 16.8. The molecule has 6 saturated heterocycles. The molecule has 76 heavy (non-hydrogen) atoms. The summed E-state index contributed by atoms with van der Waals surface area (Å²) < 4.78 is 69.0. The quantitative estimate of drug-likeness (QED) is 0.0741. The molecule has 29 atom stereocenters. The van der Waals surface area contributed by atoms with E-state index in [1.165, 1.54) is 6.92 Å². The molecule has 6 aliphatic heterocycles. The van der Waals surface area contributed by atoms with Crippen molar-refractivity contribution in [3.63, 3.8) is 0 Å². The Kier molecular flexibility index (Phi) is 15.7. The van der Waals surface area contributed by atoms with Gasteiger partial charge in [0.1, 0.15) is 86.0 Å². The monoisotopic (exact) mass is 1090 g/mol. The van der Waals surface area contributed by atoms with Crippen LogP contribution in [-0.2, 0) is 56.9 Å². The van der Waals surface area contributed by atoms with Crippen LogP contribution in [0.25, 0.3) is 0 Å². The number of allylic oxidation sites excluding steroid dienone is 1. The Labute approximate surface area is 444 Å². The Morgan fingerprint density at radius 2 is 1.33 bits per heavy atom. The molecule has 10 rings (SSSR count). The van der Waals surface area contributed by atoms with Crippen molar-refractivity contribution in [3.05, 3.63) is 11.6 Å². The number of aliphatic hydroxyl groups excluding tert-OH is 9. The summed E-state index contributed by atoms with van der Waals surface area (Å²) in [6.45, 7) is 17.2. The van der Waals surface area contributed by atoms with Gasteiger partial charge in [0.15, 0.2) is 30.9 Å². The van der Waals surface area contributed by atoms with Gasteiger partial charge in [-0.15, -0.1) is 0 Å². The summed E-state index contributed by atoms with van der Waals surface area (Å²) in [5.41, 5.74) is -0.785. The van der Waals surface area contributed by atoms with E-state index in [0.29, 0.717) is 25.4 Å². The number of rotatable bonds is 11. The maximum absolute atomic E-state index is 12.3. The summed E-state index contributed by atoms with van der Waals surface area (Å²) in [6, 6.07) is 0. The van der Waals surface area contributed by atoms with Crippen molar-refractivity contribution >= 4 is 5.97 Å². The molecule has 0 amide bonds. The number of carbonyl (C=O) groups is 1. The molecule has 0 aromatic heterocycles. The lowest BCUT2D eigenvalue weighted by atomic mass is 9.35. The first kappa shape index (κ1) is 57.6. The molecule has 434 valence electrons. The van der Waals surface area contributed by atoms with Crippen molar-refractivity contribution < 1.29 is 108 Å². The van der Waals surface area contributed by atoms with E-state index in [0.717, 1.165) is 51.0 Å². The minimum Gasteiger partial charge on any atom is -0.463 e. The smallest absolute Gasteiger partial charge is 0.302 e. The van der Waals surface area contributed by atoms with Gasteiger partial charge in [0.05, 0.1) is 43.7 Å². The molecule has 6 heterocycles. The molecular formula is C54H86O22. The number of hydrogen-bond donors (Lipinski definition) is 10. The Bertz CT molecular complexity index is 2130. The summed E-state index contributed by atoms with van der Waals surface area (Å²) in [5, 5.41) is 111. The predicted molar refractivity (Wildman–Crippen MR) is 260 cm³/mol. The molecule has 2 bridgehead atoms. The Balaban J connectivity index is 0.927. The summed E-state index contributed by atoms with van der Waals surface area (Å²) in [4.78, 5) is 11.9. The summed E-state index contributed by atoms with van der Waals surface area (Å²) in [5.74, 6) is -1.01. The standard InChI is InChI=1S/C54H86O22/c1-23(2)16-26-17-52(9,65)44-27-10-11-32-50(7)14-13-33(49(5,6)31(50)12-15-51(32,8)53(27)21-54(44,76-26)69-22-53)72-47-43(75-46-40(64)37(61)34(58)24(3)70-46)41(29(57)19-68-47)73-48-42(74-45-39(63)35(59)28(56)18-67-45)38(62)36(60)30(71-48)20-66-25(4)55/h16,24,26-48,56-65H,10-15,17-22H2,1-9H3/t24-,26?,27?,28+,29+,30+,31?,32?,33?,34+,35-,36+,37+,38-,39+,40+,41-,42+,43+,44?,45-,46-,47-,48-,50?,51?,52?,53?,54?/m0/s1. The maximum atomic E-state index is 12.3. The van der Waals surface area contributed by atoms with Crippen LogP contribution >= 0.6 is 0 Å². The first-order valence-corrected chi connectivity index (χ1v) is 27.7. The van der Waals surface area contributed by atoms with Gasteiger partial charge in [-0.1, -0.05) is 39.3 Å². The SMILES string of the molecule is CC(=O)OC[C@H]1O[C@@H](O[C@@H]2[C@@H](O[C@@H]3O[C@@H](C)[C@@H](O)[C@@H](O)[C@H]3O)[C@H](OC3CCC4(C)C(CCC5(C)C4CCC4C6C(C)(O)CC(C=C(C)C)OC67CC45CO7)C3(C)C)OC[C@H]2O)[C@H](O[C@@H]2OC[C@@H](O)[C@H](O)[C@H]2O)[C@@H](O)[C@@H]1O. The van der Waals surface area contributed by atoms with Gasteiger partial charge in [-0.2, -0.15) is 0 Å². The minimum atomic E-state index is -1.91. The molecule has 4 aliphatic carbocycles. The molecule has 10 aliphatic rings. The lowest BCUT2D eigenvalue weighted by Gasteiger charge is -2.70. The highest BCUT2D eigenvalue weighted by Crippen LogP contribution is 2.80. The topological polar surface area (TPSA) is 321 Å². The zero-order chi connectivity index (χ0) is 55.0. The Hall–Kier alpha value is -1.59. The first-order valence-electron chi connectivity index (χ1n) is 27.7. The van der Waals surface area contributed by atoms with Crippen LogP contribution in [0.2, 0.25) is 0 Å². The minimum absolute atomic E-state index is 0.120. The van der Waals surface area contributed by atoms with Crippen molar-refractivity contribution in [3.8, 4) is 0 Å². The highest BCUT2D eigenvalue weighted by Gasteiger charge is 2.81. The van der Waals surface area contributed by atoms with Gasteiger partial charge in [-0.05, 0) is 100 Å². The molecule has 10 N–H and O–H groups in total. The second-order valence-electron chi connectivity index (χ2n) is 25.9. The van der Waals surface area contributed by atoms with Crippen molar-refractivity contribution in [2.75, 3.05) is 26.4 Å². The van der Waals surface area contributed by atoms with Crippen LogP contribution in [0.4, 0.5) is 0 Å². The van der Waals surface area contributed by atoms with E-state index < -0.39 is 159 Å². The van der Waals surface area contributed by atoms with Gasteiger partial charge in [-0.3, -0.25) is 4.79 Å². The van der Waals surface area contributed by atoms with Gasteiger partial charge >= 0.3 is 5.97 Å². The zero-order valence-electron chi connectivity index (χ0n) is 45.3. The molecule has 4 saturated carbocycles. The fourth-order valence-corrected chi connectivity index (χ4v) is 17.1. The Morgan fingerprint density at radius 1 is 0.658 bits per heavy atom. The number of hydrogen-bond acceptors (Lipinski definition) is 22.